The number of nitrogens with one attached hydrogen (secondary N) is 1. The van der Waals surface area contributed by atoms with Crippen molar-refractivity contribution in [2.75, 3.05) is 24.5 Å². The Morgan fingerprint density at radius 3 is 2.30 bits per heavy atom. The van der Waals surface area contributed by atoms with E-state index in [-0.39, 0.29) is 24.6 Å². The second kappa shape index (κ2) is 17.0. The average Bonchev–Trinajstić information content (AvgIpc) is 3.10. The Hall–Kier alpha value is -4.40. The van der Waals surface area contributed by atoms with Gasteiger partial charge in [0.2, 0.25) is 0 Å². The third kappa shape index (κ3) is 9.03. The zero-order valence-corrected chi connectivity index (χ0v) is 29.9. The van der Waals surface area contributed by atoms with E-state index in [1.165, 1.54) is 38.2 Å². The number of carbonyl (C=O) groups excluding carboxylic acids is 2. The normalized spacial score (nSPS) is 16.3. The Labute approximate surface area is 296 Å². The van der Waals surface area contributed by atoms with Crippen LogP contribution >= 0.6 is 0 Å². The molecule has 8 nitrogen and oxygen atoms in total. The SMILES string of the molecule is CC(C)NC(=O)N1CCC(Oc2cc(N(C[C@H](C(C)C)C3CCCCC3)c3ccccc3)c(CC=O)cc2-c2ccc(F)c(C(=O)O)c2)CC1. The molecule has 9 heteroatoms. The van der Waals surface area contributed by atoms with Gasteiger partial charge >= 0.3 is 12.0 Å². The molecule has 2 amide bonds. The van der Waals surface area contributed by atoms with Crippen molar-refractivity contribution in [1.29, 1.82) is 0 Å². The first kappa shape index (κ1) is 36.9. The summed E-state index contributed by atoms with van der Waals surface area (Å²) in [4.78, 5) is 41.0. The van der Waals surface area contributed by atoms with Crippen LogP contribution in [0.1, 0.15) is 88.6 Å². The minimum atomic E-state index is -1.36. The maximum absolute atomic E-state index is 14.6. The molecule has 1 aliphatic carbocycles. The highest BCUT2D eigenvalue weighted by Crippen LogP contribution is 2.43. The number of halogens is 1. The molecule has 3 aromatic rings. The molecule has 0 aromatic heterocycles. The van der Waals surface area contributed by atoms with E-state index >= 15 is 0 Å². The van der Waals surface area contributed by atoms with Gasteiger partial charge in [0.15, 0.2) is 0 Å². The molecule has 5 rings (SSSR count). The van der Waals surface area contributed by atoms with Gasteiger partial charge in [0, 0.05) is 67.9 Å². The minimum Gasteiger partial charge on any atom is -0.490 e. The zero-order valence-electron chi connectivity index (χ0n) is 29.9. The summed E-state index contributed by atoms with van der Waals surface area (Å²) in [6.45, 7) is 10.3. The first-order valence-corrected chi connectivity index (χ1v) is 18.2. The van der Waals surface area contributed by atoms with E-state index in [1.54, 1.807) is 11.0 Å². The number of anilines is 2. The van der Waals surface area contributed by atoms with Crippen LogP contribution in [0.4, 0.5) is 20.6 Å². The van der Waals surface area contributed by atoms with Crippen LogP contribution in [0.5, 0.6) is 5.75 Å². The smallest absolute Gasteiger partial charge is 0.338 e. The van der Waals surface area contributed by atoms with Gasteiger partial charge in [-0.2, -0.15) is 0 Å². The number of carboxylic acid groups (broad SMARTS) is 1. The van der Waals surface area contributed by atoms with Gasteiger partial charge in [0.25, 0.3) is 0 Å². The van der Waals surface area contributed by atoms with E-state index in [2.05, 4.69) is 36.2 Å². The monoisotopic (exact) mass is 685 g/mol. The Morgan fingerprint density at radius 1 is 0.980 bits per heavy atom. The molecular weight excluding hydrogens is 633 g/mol. The highest BCUT2D eigenvalue weighted by Gasteiger charge is 2.31. The van der Waals surface area contributed by atoms with Crippen molar-refractivity contribution in [2.24, 2.45) is 17.8 Å². The lowest BCUT2D eigenvalue weighted by atomic mass is 9.74. The minimum absolute atomic E-state index is 0.0368. The first-order chi connectivity index (χ1) is 24.0. The van der Waals surface area contributed by atoms with Gasteiger partial charge in [-0.15, -0.1) is 0 Å². The number of aldehydes is 1. The predicted molar refractivity (Wildman–Crippen MR) is 196 cm³/mol. The second-order valence-corrected chi connectivity index (χ2v) is 14.5. The summed E-state index contributed by atoms with van der Waals surface area (Å²) in [6, 6.07) is 18.1. The van der Waals surface area contributed by atoms with Crippen molar-refractivity contribution >= 4 is 29.7 Å². The van der Waals surface area contributed by atoms with Crippen LogP contribution in [0.15, 0.2) is 60.7 Å². The van der Waals surface area contributed by atoms with Crippen LogP contribution < -0.4 is 15.0 Å². The number of hydrogen-bond acceptors (Lipinski definition) is 5. The van der Waals surface area contributed by atoms with Crippen molar-refractivity contribution in [2.45, 2.75) is 91.2 Å². The summed E-state index contributed by atoms with van der Waals surface area (Å²) in [6.07, 6.45) is 8.23. The molecule has 0 unspecified atom stereocenters. The fourth-order valence-corrected chi connectivity index (χ4v) is 7.62. The maximum Gasteiger partial charge on any atom is 0.338 e. The topological polar surface area (TPSA) is 99.2 Å². The first-order valence-electron chi connectivity index (χ1n) is 18.2. The van der Waals surface area contributed by atoms with Gasteiger partial charge < -0.3 is 29.8 Å². The van der Waals surface area contributed by atoms with Gasteiger partial charge in [-0.25, -0.2) is 14.0 Å². The molecule has 50 heavy (non-hydrogen) atoms. The molecule has 0 spiro atoms. The van der Waals surface area contributed by atoms with Crippen LogP contribution in [0.3, 0.4) is 0 Å². The molecule has 268 valence electrons. The van der Waals surface area contributed by atoms with Crippen molar-refractivity contribution in [1.82, 2.24) is 10.2 Å². The Bertz CT molecular complexity index is 1610. The summed E-state index contributed by atoms with van der Waals surface area (Å²) in [5, 5.41) is 12.7. The number of rotatable bonds is 13. The average molecular weight is 686 g/mol. The van der Waals surface area contributed by atoms with Gasteiger partial charge in [0.05, 0.1) is 5.56 Å². The van der Waals surface area contributed by atoms with Gasteiger partial charge in [-0.3, -0.25) is 0 Å². The number of ether oxygens (including phenoxy) is 1. The number of urea groups is 1. The van der Waals surface area contributed by atoms with E-state index in [1.807, 2.05) is 44.2 Å². The largest absolute Gasteiger partial charge is 0.490 e. The highest BCUT2D eigenvalue weighted by molar-refractivity contribution is 5.91. The maximum atomic E-state index is 14.6. The standard InChI is InChI=1S/C41H52FN3O5/c1-27(2)36(29-11-7-5-8-12-29)26-45(32-13-9-6-10-14-32)38-25-39(50-33-17-20-44(21-18-33)41(49)43-28(3)4)34(24-31(38)19-22-46)30-15-16-37(42)35(23-30)40(47)48/h6,9-10,13-16,22-25,27-29,33,36H,5,7-8,11-12,17-21,26H2,1-4H3,(H,43,49)(H,47,48)/t36-/m1/s1. The van der Waals surface area contributed by atoms with Crippen LogP contribution in [0, 0.1) is 23.6 Å². The van der Waals surface area contributed by atoms with Crippen molar-refractivity contribution in [3.63, 3.8) is 0 Å². The third-order valence-electron chi connectivity index (χ3n) is 10.3. The number of amides is 2. The molecule has 0 radical (unpaired) electrons. The number of carbonyl (C=O) groups is 3. The molecule has 2 N–H and O–H groups in total. The number of carboxylic acids is 1. The number of hydrogen-bond donors (Lipinski definition) is 2. The fourth-order valence-electron chi connectivity index (χ4n) is 7.62. The number of likely N-dealkylation sites (tertiary alicyclic amines) is 1. The summed E-state index contributed by atoms with van der Waals surface area (Å²) in [5.41, 5.74) is 3.29. The van der Waals surface area contributed by atoms with Crippen LogP contribution in [-0.4, -0.2) is 60.1 Å². The fraction of sp³-hybridized carbons (Fsp3) is 0.488. The Balaban J connectivity index is 1.60. The number of para-hydroxylation sites is 1. The van der Waals surface area contributed by atoms with Crippen molar-refractivity contribution in [3.8, 4) is 16.9 Å². The van der Waals surface area contributed by atoms with Gasteiger partial charge in [0.1, 0.15) is 24.0 Å². The number of aromatic carboxylic acids is 1. The molecule has 2 fully saturated rings. The number of piperidine rings is 1. The van der Waals surface area contributed by atoms with E-state index in [0.717, 1.165) is 35.8 Å². The lowest BCUT2D eigenvalue weighted by molar-refractivity contribution is -0.107. The number of benzene rings is 3. The molecule has 1 aliphatic heterocycles. The van der Waals surface area contributed by atoms with Crippen LogP contribution in [0.25, 0.3) is 11.1 Å². The Morgan fingerprint density at radius 2 is 1.68 bits per heavy atom. The molecule has 2 aliphatic rings. The molecular formula is C41H52FN3O5. The van der Waals surface area contributed by atoms with E-state index in [9.17, 15) is 23.9 Å². The summed E-state index contributed by atoms with van der Waals surface area (Å²) < 4.78 is 21.4. The van der Waals surface area contributed by atoms with E-state index < -0.39 is 17.3 Å². The molecule has 1 heterocycles. The van der Waals surface area contributed by atoms with Gasteiger partial charge in [-0.05, 0) is 73.1 Å². The van der Waals surface area contributed by atoms with Crippen LogP contribution in [0.2, 0.25) is 0 Å². The van der Waals surface area contributed by atoms with Gasteiger partial charge in [-0.1, -0.05) is 70.2 Å². The quantitative estimate of drug-likeness (QED) is 0.175. The van der Waals surface area contributed by atoms with Crippen molar-refractivity contribution in [3.05, 3.63) is 77.6 Å². The van der Waals surface area contributed by atoms with E-state index in [0.29, 0.717) is 60.6 Å². The highest BCUT2D eigenvalue weighted by atomic mass is 19.1. The number of nitrogens with zero attached hydrogens (tertiary/aromatic N) is 2. The van der Waals surface area contributed by atoms with Crippen molar-refractivity contribution < 1.29 is 28.6 Å². The lowest BCUT2D eigenvalue weighted by Crippen LogP contribution is -2.48. The van der Waals surface area contributed by atoms with Crippen LogP contribution in [-0.2, 0) is 11.2 Å². The predicted octanol–water partition coefficient (Wildman–Crippen LogP) is 8.88. The van der Waals surface area contributed by atoms with E-state index in [4.69, 9.17) is 4.74 Å². The summed E-state index contributed by atoms with van der Waals surface area (Å²) >= 11 is 0. The molecule has 1 atom stereocenters. The zero-order chi connectivity index (χ0) is 35.8. The molecule has 1 saturated carbocycles. The summed E-state index contributed by atoms with van der Waals surface area (Å²) in [7, 11) is 0. The lowest BCUT2D eigenvalue weighted by Gasteiger charge is -2.39. The Kier molecular flexibility index (Phi) is 12.5. The molecule has 3 aromatic carbocycles. The summed E-state index contributed by atoms with van der Waals surface area (Å²) in [5.74, 6) is -0.186. The third-order valence-corrected chi connectivity index (χ3v) is 10.3. The second-order valence-electron chi connectivity index (χ2n) is 14.5. The molecule has 0 bridgehead atoms. The molecule has 1 saturated heterocycles.